The van der Waals surface area contributed by atoms with Gasteiger partial charge in [0.25, 0.3) is 5.91 Å². The maximum Gasteiger partial charge on any atom is 0.257 e. The van der Waals surface area contributed by atoms with E-state index in [4.69, 9.17) is 5.73 Å². The molecular weight excluding hydrogens is 335 g/mol. The van der Waals surface area contributed by atoms with Gasteiger partial charge in [-0.2, -0.15) is 0 Å². The van der Waals surface area contributed by atoms with Gasteiger partial charge in [0.05, 0.1) is 5.56 Å². The van der Waals surface area contributed by atoms with Gasteiger partial charge in [0.1, 0.15) is 5.82 Å². The highest BCUT2D eigenvalue weighted by atomic mass is 79.9. The first-order valence-electron chi connectivity index (χ1n) is 6.60. The first kappa shape index (κ1) is 15.5. The normalized spacial score (nSPS) is 10.4. The number of nitrogen functional groups attached to an aromatic ring is 1. The molecule has 0 bridgehead atoms. The van der Waals surface area contributed by atoms with E-state index >= 15 is 0 Å². The van der Waals surface area contributed by atoms with Crippen molar-refractivity contribution in [1.82, 2.24) is 4.90 Å². The van der Waals surface area contributed by atoms with Crippen molar-refractivity contribution in [2.75, 3.05) is 12.3 Å². The van der Waals surface area contributed by atoms with Crippen LogP contribution >= 0.6 is 15.9 Å². The number of hydrogen-bond acceptors (Lipinski definition) is 2. The molecule has 2 N–H and O–H groups in total. The summed E-state index contributed by atoms with van der Waals surface area (Å²) >= 11 is 3.26. The molecule has 0 aliphatic heterocycles. The van der Waals surface area contributed by atoms with Crippen molar-refractivity contribution in [2.45, 2.75) is 13.5 Å². The van der Waals surface area contributed by atoms with Crippen LogP contribution in [0, 0.1) is 5.82 Å². The van der Waals surface area contributed by atoms with Crippen molar-refractivity contribution in [3.05, 3.63) is 63.9 Å². The molecule has 0 unspecified atom stereocenters. The second-order valence-corrected chi connectivity index (χ2v) is 5.60. The van der Waals surface area contributed by atoms with Crippen LogP contribution in [-0.4, -0.2) is 17.4 Å². The van der Waals surface area contributed by atoms with Crippen LogP contribution in [0.4, 0.5) is 10.1 Å². The van der Waals surface area contributed by atoms with Gasteiger partial charge in [-0.25, -0.2) is 4.39 Å². The van der Waals surface area contributed by atoms with Crippen LogP contribution in [0.5, 0.6) is 0 Å². The minimum Gasteiger partial charge on any atom is -0.399 e. The molecule has 21 heavy (non-hydrogen) atoms. The standard InChI is InChI=1S/C16H16BrFN2O/c1-2-20(10-11-4-3-5-13(19)8-11)16(21)14-9-12(17)6-7-15(14)18/h3-9H,2,10,19H2,1H3. The third-order valence-corrected chi connectivity index (χ3v) is 3.65. The van der Waals surface area contributed by atoms with Crippen molar-refractivity contribution in [1.29, 1.82) is 0 Å². The third kappa shape index (κ3) is 3.82. The predicted octanol–water partition coefficient (Wildman–Crippen LogP) is 3.83. The molecule has 0 heterocycles. The first-order chi connectivity index (χ1) is 10.0. The lowest BCUT2D eigenvalue weighted by Crippen LogP contribution is -2.31. The summed E-state index contributed by atoms with van der Waals surface area (Å²) in [6, 6.07) is 11.7. The summed E-state index contributed by atoms with van der Waals surface area (Å²) in [6.07, 6.45) is 0. The molecule has 2 rings (SSSR count). The Balaban J connectivity index is 2.24. The zero-order valence-corrected chi connectivity index (χ0v) is 13.2. The summed E-state index contributed by atoms with van der Waals surface area (Å²) in [7, 11) is 0. The monoisotopic (exact) mass is 350 g/mol. The SMILES string of the molecule is CCN(Cc1cccc(N)c1)C(=O)c1cc(Br)ccc1F. The van der Waals surface area contributed by atoms with Crippen molar-refractivity contribution >= 4 is 27.5 Å². The number of carbonyl (C=O) groups excluding carboxylic acids is 1. The summed E-state index contributed by atoms with van der Waals surface area (Å²) in [5.74, 6) is -0.854. The smallest absolute Gasteiger partial charge is 0.257 e. The van der Waals surface area contributed by atoms with Crippen LogP contribution in [0.1, 0.15) is 22.8 Å². The Hall–Kier alpha value is -1.88. The molecule has 5 heteroatoms. The molecule has 0 aromatic heterocycles. The Morgan fingerprint density at radius 3 is 2.71 bits per heavy atom. The molecule has 2 aromatic carbocycles. The van der Waals surface area contributed by atoms with Gasteiger partial charge in [-0.3, -0.25) is 4.79 Å². The van der Waals surface area contributed by atoms with Crippen LogP contribution in [0.15, 0.2) is 46.9 Å². The number of hydrogen-bond donors (Lipinski definition) is 1. The highest BCUT2D eigenvalue weighted by molar-refractivity contribution is 9.10. The van der Waals surface area contributed by atoms with Gasteiger partial charge in [0.15, 0.2) is 0 Å². The Bertz CT molecular complexity index is 660. The quantitative estimate of drug-likeness (QED) is 0.851. The molecule has 0 spiro atoms. The topological polar surface area (TPSA) is 46.3 Å². The first-order valence-corrected chi connectivity index (χ1v) is 7.39. The number of carbonyl (C=O) groups is 1. The maximum absolute atomic E-state index is 13.8. The van der Waals surface area contributed by atoms with Crippen LogP contribution in [0.25, 0.3) is 0 Å². The number of rotatable bonds is 4. The summed E-state index contributed by atoms with van der Waals surface area (Å²) in [4.78, 5) is 14.1. The van der Waals surface area contributed by atoms with Gasteiger partial charge in [-0.05, 0) is 42.8 Å². The average Bonchev–Trinajstić information content (AvgIpc) is 2.46. The fourth-order valence-corrected chi connectivity index (χ4v) is 2.43. The van der Waals surface area contributed by atoms with Crippen molar-refractivity contribution in [2.24, 2.45) is 0 Å². The van der Waals surface area contributed by atoms with Crippen LogP contribution in [-0.2, 0) is 6.54 Å². The highest BCUT2D eigenvalue weighted by Gasteiger charge is 2.18. The number of amides is 1. The van der Waals surface area contributed by atoms with E-state index < -0.39 is 5.82 Å². The highest BCUT2D eigenvalue weighted by Crippen LogP contribution is 2.19. The van der Waals surface area contributed by atoms with E-state index in [1.165, 1.54) is 12.1 Å². The lowest BCUT2D eigenvalue weighted by Gasteiger charge is -2.21. The Kier molecular flexibility index (Phi) is 4.96. The van der Waals surface area contributed by atoms with Crippen LogP contribution in [0.2, 0.25) is 0 Å². The van der Waals surface area contributed by atoms with Gasteiger partial charge >= 0.3 is 0 Å². The lowest BCUT2D eigenvalue weighted by atomic mass is 10.1. The minimum atomic E-state index is -0.519. The van der Waals surface area contributed by atoms with Crippen LogP contribution in [0.3, 0.4) is 0 Å². The molecule has 3 nitrogen and oxygen atoms in total. The third-order valence-electron chi connectivity index (χ3n) is 3.15. The Morgan fingerprint density at radius 2 is 2.05 bits per heavy atom. The van der Waals surface area contributed by atoms with Crippen LogP contribution < -0.4 is 5.73 Å². The van der Waals surface area contributed by atoms with Gasteiger partial charge in [0.2, 0.25) is 0 Å². The molecule has 110 valence electrons. The molecule has 2 aromatic rings. The van der Waals surface area contributed by atoms with Crippen molar-refractivity contribution < 1.29 is 9.18 Å². The van der Waals surface area contributed by atoms with E-state index in [2.05, 4.69) is 15.9 Å². The molecule has 0 saturated heterocycles. The lowest BCUT2D eigenvalue weighted by molar-refractivity contribution is 0.0748. The Morgan fingerprint density at radius 1 is 1.29 bits per heavy atom. The number of anilines is 1. The molecule has 0 aliphatic carbocycles. The van der Waals surface area contributed by atoms with E-state index in [9.17, 15) is 9.18 Å². The zero-order chi connectivity index (χ0) is 15.4. The maximum atomic E-state index is 13.8. The summed E-state index contributed by atoms with van der Waals surface area (Å²) in [5, 5.41) is 0. The minimum absolute atomic E-state index is 0.0649. The molecule has 0 fully saturated rings. The fourth-order valence-electron chi connectivity index (χ4n) is 2.07. The molecule has 1 amide bonds. The fraction of sp³-hybridized carbons (Fsp3) is 0.188. The second-order valence-electron chi connectivity index (χ2n) is 4.69. The number of benzene rings is 2. The van der Waals surface area contributed by atoms with Gasteiger partial charge in [-0.15, -0.1) is 0 Å². The largest absolute Gasteiger partial charge is 0.399 e. The summed E-state index contributed by atoms with van der Waals surface area (Å²) < 4.78 is 14.5. The number of nitrogens with zero attached hydrogens (tertiary/aromatic N) is 1. The molecule has 0 saturated carbocycles. The zero-order valence-electron chi connectivity index (χ0n) is 11.6. The summed E-state index contributed by atoms with van der Waals surface area (Å²) in [6.45, 7) is 2.74. The van der Waals surface area contributed by atoms with Gasteiger partial charge in [-0.1, -0.05) is 28.1 Å². The molecule has 0 aliphatic rings. The van der Waals surface area contributed by atoms with E-state index in [1.54, 1.807) is 17.0 Å². The average molecular weight is 351 g/mol. The van der Waals surface area contributed by atoms with E-state index in [0.717, 1.165) is 5.56 Å². The number of halogens is 2. The Labute approximate surface area is 131 Å². The summed E-state index contributed by atoms with van der Waals surface area (Å²) in [5.41, 5.74) is 7.36. The predicted molar refractivity (Wildman–Crippen MR) is 85.4 cm³/mol. The van der Waals surface area contributed by atoms with Gasteiger partial charge in [0, 0.05) is 23.2 Å². The van der Waals surface area contributed by atoms with E-state index in [-0.39, 0.29) is 11.5 Å². The van der Waals surface area contributed by atoms with E-state index in [0.29, 0.717) is 23.2 Å². The number of nitrogens with two attached hydrogens (primary N) is 1. The molecule has 0 atom stereocenters. The van der Waals surface area contributed by atoms with Crippen molar-refractivity contribution in [3.63, 3.8) is 0 Å². The molecular formula is C16H16BrFN2O. The van der Waals surface area contributed by atoms with Crippen molar-refractivity contribution in [3.8, 4) is 0 Å². The van der Waals surface area contributed by atoms with Gasteiger partial charge < -0.3 is 10.6 Å². The second kappa shape index (κ2) is 6.72. The van der Waals surface area contributed by atoms with E-state index in [1.807, 2.05) is 25.1 Å². The molecule has 0 radical (unpaired) electrons.